The van der Waals surface area contributed by atoms with E-state index in [1.807, 2.05) is 47.8 Å². The number of thiazole rings is 1. The van der Waals surface area contributed by atoms with Crippen LogP contribution in [0.25, 0.3) is 11.3 Å². The number of halogens is 1. The van der Waals surface area contributed by atoms with Crippen molar-refractivity contribution in [1.82, 2.24) is 15.8 Å². The van der Waals surface area contributed by atoms with E-state index in [0.29, 0.717) is 10.0 Å². The van der Waals surface area contributed by atoms with Gasteiger partial charge in [-0.1, -0.05) is 41.9 Å². The monoisotopic (exact) mass is 431 g/mol. The number of thioether (sulfide) groups is 1. The summed E-state index contributed by atoms with van der Waals surface area (Å²) in [6, 6.07) is 17.0. The van der Waals surface area contributed by atoms with E-state index in [1.54, 1.807) is 19.1 Å². The van der Waals surface area contributed by atoms with Crippen LogP contribution in [0.1, 0.15) is 11.9 Å². The van der Waals surface area contributed by atoms with Crippen LogP contribution < -0.4 is 10.9 Å². The standard InChI is InChI=1S/C20H18ClN3O2S2/c1-13(28-16-9-7-15(21)8-10-16)20(26)24-23-18(25)11-19-22-17(12-27-19)14-5-3-2-4-6-14/h2-10,12-13H,11H2,1H3,(H,23,25)(H,24,26). The number of nitrogens with zero attached hydrogens (tertiary/aromatic N) is 1. The maximum atomic E-state index is 12.2. The van der Waals surface area contributed by atoms with Crippen molar-refractivity contribution in [2.75, 3.05) is 0 Å². The van der Waals surface area contributed by atoms with E-state index in [9.17, 15) is 9.59 Å². The van der Waals surface area contributed by atoms with Gasteiger partial charge in [-0.05, 0) is 31.2 Å². The molecule has 2 N–H and O–H groups in total. The van der Waals surface area contributed by atoms with Crippen LogP contribution in [-0.2, 0) is 16.0 Å². The molecule has 0 aliphatic heterocycles. The van der Waals surface area contributed by atoms with Crippen LogP contribution in [0.3, 0.4) is 0 Å². The third-order valence-corrected chi connectivity index (χ3v) is 5.97. The third-order valence-electron chi connectivity index (χ3n) is 3.75. The Morgan fingerprint density at radius 1 is 1.11 bits per heavy atom. The summed E-state index contributed by atoms with van der Waals surface area (Å²) in [6.07, 6.45) is 0.108. The van der Waals surface area contributed by atoms with Gasteiger partial charge in [0.1, 0.15) is 5.01 Å². The molecule has 0 radical (unpaired) electrons. The van der Waals surface area contributed by atoms with Crippen LogP contribution in [0.2, 0.25) is 5.02 Å². The summed E-state index contributed by atoms with van der Waals surface area (Å²) >= 11 is 8.66. The average molecular weight is 432 g/mol. The highest BCUT2D eigenvalue weighted by Gasteiger charge is 2.16. The zero-order valence-electron chi connectivity index (χ0n) is 15.0. The minimum Gasteiger partial charge on any atom is -0.273 e. The van der Waals surface area contributed by atoms with E-state index in [-0.39, 0.29) is 23.5 Å². The van der Waals surface area contributed by atoms with Gasteiger partial charge in [0.2, 0.25) is 5.91 Å². The summed E-state index contributed by atoms with van der Waals surface area (Å²) in [7, 11) is 0. The fraction of sp³-hybridized carbons (Fsp3) is 0.150. The molecular weight excluding hydrogens is 414 g/mol. The molecule has 2 amide bonds. The minimum absolute atomic E-state index is 0.108. The first-order chi connectivity index (χ1) is 13.5. The van der Waals surface area contributed by atoms with Gasteiger partial charge in [-0.3, -0.25) is 20.4 Å². The summed E-state index contributed by atoms with van der Waals surface area (Å²) in [6.45, 7) is 1.77. The molecule has 3 rings (SSSR count). The zero-order valence-corrected chi connectivity index (χ0v) is 17.4. The number of aromatic nitrogens is 1. The quantitative estimate of drug-likeness (QED) is 0.450. The number of hydrogen-bond donors (Lipinski definition) is 2. The van der Waals surface area contributed by atoms with Crippen LogP contribution in [0.15, 0.2) is 64.9 Å². The van der Waals surface area contributed by atoms with Gasteiger partial charge < -0.3 is 0 Å². The predicted molar refractivity (Wildman–Crippen MR) is 114 cm³/mol. The number of hydrogen-bond acceptors (Lipinski definition) is 5. The maximum Gasteiger partial charge on any atom is 0.251 e. The first kappa shape index (κ1) is 20.4. The Hall–Kier alpha value is -2.35. The molecule has 1 aromatic heterocycles. The molecule has 0 aliphatic rings. The lowest BCUT2D eigenvalue weighted by Gasteiger charge is -2.12. The first-order valence-corrected chi connectivity index (χ1v) is 10.7. The fourth-order valence-electron chi connectivity index (χ4n) is 2.32. The van der Waals surface area contributed by atoms with Crippen LogP contribution in [0.5, 0.6) is 0 Å². The Bertz CT molecular complexity index is 946. The SMILES string of the molecule is CC(Sc1ccc(Cl)cc1)C(=O)NNC(=O)Cc1nc(-c2ccccc2)cs1. The van der Waals surface area contributed by atoms with Crippen molar-refractivity contribution in [1.29, 1.82) is 0 Å². The van der Waals surface area contributed by atoms with Crippen molar-refractivity contribution in [2.24, 2.45) is 0 Å². The molecule has 0 fully saturated rings. The molecule has 1 unspecified atom stereocenters. The molecular formula is C20H18ClN3O2S2. The molecule has 1 atom stereocenters. The topological polar surface area (TPSA) is 71.1 Å². The third kappa shape index (κ3) is 5.82. The van der Waals surface area contributed by atoms with Gasteiger partial charge in [-0.15, -0.1) is 23.1 Å². The lowest BCUT2D eigenvalue weighted by atomic mass is 10.2. The Morgan fingerprint density at radius 3 is 2.54 bits per heavy atom. The second kappa shape index (κ2) is 9.73. The molecule has 144 valence electrons. The number of hydrazine groups is 1. The maximum absolute atomic E-state index is 12.2. The van der Waals surface area contributed by atoms with Gasteiger partial charge in [0.25, 0.3) is 5.91 Å². The normalized spacial score (nSPS) is 11.6. The van der Waals surface area contributed by atoms with E-state index in [1.165, 1.54) is 23.1 Å². The fourth-order valence-corrected chi connectivity index (χ4v) is 4.11. The van der Waals surface area contributed by atoms with Gasteiger partial charge >= 0.3 is 0 Å². The van der Waals surface area contributed by atoms with Crippen LogP contribution in [-0.4, -0.2) is 22.0 Å². The van der Waals surface area contributed by atoms with Crippen molar-refractivity contribution >= 4 is 46.5 Å². The van der Waals surface area contributed by atoms with Crippen LogP contribution in [0, 0.1) is 0 Å². The number of amides is 2. The Morgan fingerprint density at radius 2 is 1.82 bits per heavy atom. The summed E-state index contributed by atoms with van der Waals surface area (Å²) in [5.74, 6) is -0.594. The molecule has 0 bridgehead atoms. The molecule has 1 heterocycles. The highest BCUT2D eigenvalue weighted by molar-refractivity contribution is 8.00. The summed E-state index contributed by atoms with van der Waals surface area (Å²) in [4.78, 5) is 29.7. The molecule has 0 saturated carbocycles. The second-order valence-electron chi connectivity index (χ2n) is 5.92. The Balaban J connectivity index is 1.46. The molecule has 8 heteroatoms. The molecule has 28 heavy (non-hydrogen) atoms. The van der Waals surface area contributed by atoms with Crippen molar-refractivity contribution in [3.63, 3.8) is 0 Å². The number of rotatable bonds is 6. The number of benzene rings is 2. The van der Waals surface area contributed by atoms with Crippen molar-refractivity contribution < 1.29 is 9.59 Å². The molecule has 5 nitrogen and oxygen atoms in total. The van der Waals surface area contributed by atoms with Crippen molar-refractivity contribution in [2.45, 2.75) is 23.5 Å². The van der Waals surface area contributed by atoms with Crippen LogP contribution >= 0.6 is 34.7 Å². The summed E-state index contributed by atoms with van der Waals surface area (Å²) in [5, 5.41) is 2.88. The van der Waals surface area contributed by atoms with E-state index in [4.69, 9.17) is 11.6 Å². The van der Waals surface area contributed by atoms with Gasteiger partial charge in [0.15, 0.2) is 0 Å². The first-order valence-electron chi connectivity index (χ1n) is 8.52. The lowest BCUT2D eigenvalue weighted by Crippen LogP contribution is -2.45. The van der Waals surface area contributed by atoms with Crippen LogP contribution in [0.4, 0.5) is 0 Å². The lowest BCUT2D eigenvalue weighted by molar-refractivity contribution is -0.128. The zero-order chi connectivity index (χ0) is 19.9. The highest BCUT2D eigenvalue weighted by Crippen LogP contribution is 2.24. The summed E-state index contributed by atoms with van der Waals surface area (Å²) < 4.78 is 0. The van der Waals surface area contributed by atoms with E-state index < -0.39 is 0 Å². The van der Waals surface area contributed by atoms with Gasteiger partial charge in [0, 0.05) is 20.9 Å². The molecule has 3 aromatic rings. The Kier molecular flexibility index (Phi) is 7.08. The second-order valence-corrected chi connectivity index (χ2v) is 8.71. The Labute approximate surface area is 176 Å². The molecule has 2 aromatic carbocycles. The predicted octanol–water partition coefficient (Wildman–Crippen LogP) is 4.33. The molecule has 0 spiro atoms. The highest BCUT2D eigenvalue weighted by atomic mass is 35.5. The number of nitrogens with one attached hydrogen (secondary N) is 2. The van der Waals surface area contributed by atoms with Crippen molar-refractivity contribution in [3.05, 3.63) is 70.0 Å². The van der Waals surface area contributed by atoms with Gasteiger partial charge in [-0.25, -0.2) is 4.98 Å². The van der Waals surface area contributed by atoms with E-state index in [2.05, 4.69) is 15.8 Å². The molecule has 0 aliphatic carbocycles. The van der Waals surface area contributed by atoms with E-state index in [0.717, 1.165) is 16.2 Å². The summed E-state index contributed by atoms with van der Waals surface area (Å²) in [5.41, 5.74) is 6.76. The largest absolute Gasteiger partial charge is 0.273 e. The van der Waals surface area contributed by atoms with E-state index >= 15 is 0 Å². The van der Waals surface area contributed by atoms with Crippen molar-refractivity contribution in [3.8, 4) is 11.3 Å². The minimum atomic E-state index is -0.369. The molecule has 0 saturated heterocycles. The number of carbonyl (C=O) groups is 2. The number of carbonyl (C=O) groups excluding carboxylic acids is 2. The smallest absolute Gasteiger partial charge is 0.251 e. The van der Waals surface area contributed by atoms with Gasteiger partial charge in [0.05, 0.1) is 17.4 Å². The average Bonchev–Trinajstić information content (AvgIpc) is 3.17. The van der Waals surface area contributed by atoms with Gasteiger partial charge in [-0.2, -0.15) is 0 Å².